The third-order valence-corrected chi connectivity index (χ3v) is 5.85. The van der Waals surface area contributed by atoms with E-state index < -0.39 is 5.82 Å². The van der Waals surface area contributed by atoms with Gasteiger partial charge < -0.3 is 15.4 Å². The zero-order chi connectivity index (χ0) is 19.6. The van der Waals surface area contributed by atoms with E-state index in [0.29, 0.717) is 18.3 Å². The molecule has 1 saturated heterocycles. The highest BCUT2D eigenvalue weighted by molar-refractivity contribution is 5.78. The minimum Gasteiger partial charge on any atom is -0.481 e. The Morgan fingerprint density at radius 3 is 2.74 bits per heavy atom. The van der Waals surface area contributed by atoms with E-state index in [1.54, 1.807) is 12.1 Å². The number of halogens is 1. The highest BCUT2D eigenvalue weighted by Gasteiger charge is 2.45. The maximum Gasteiger partial charge on any atom is 0.258 e. The quantitative estimate of drug-likeness (QED) is 0.849. The molecule has 27 heavy (non-hydrogen) atoms. The van der Waals surface area contributed by atoms with Crippen molar-refractivity contribution < 1.29 is 18.7 Å². The SMILES string of the molecule is CC(C)(C)C1CC(=O)NC2CC(NC(=O)COc3ccccc3F)CCC21. The van der Waals surface area contributed by atoms with Crippen molar-refractivity contribution in [1.29, 1.82) is 0 Å². The van der Waals surface area contributed by atoms with Gasteiger partial charge in [0.25, 0.3) is 5.91 Å². The number of carbonyl (C=O) groups excluding carboxylic acids is 2. The van der Waals surface area contributed by atoms with Crippen molar-refractivity contribution in [2.24, 2.45) is 17.3 Å². The molecule has 2 amide bonds. The standard InChI is InChI=1S/C21H29FN2O3/c1-21(2,3)15-11-19(25)24-17-10-13(8-9-14(15)17)23-20(26)12-27-18-7-5-4-6-16(18)22/h4-7,13-15,17H,8-12H2,1-3H3,(H,23,26)(H,24,25). The third-order valence-electron chi connectivity index (χ3n) is 5.85. The molecule has 1 aliphatic carbocycles. The smallest absolute Gasteiger partial charge is 0.258 e. The van der Waals surface area contributed by atoms with Crippen LogP contribution < -0.4 is 15.4 Å². The number of amides is 2. The van der Waals surface area contributed by atoms with Crippen LogP contribution in [0.4, 0.5) is 4.39 Å². The van der Waals surface area contributed by atoms with E-state index in [1.165, 1.54) is 12.1 Å². The molecule has 5 nitrogen and oxygen atoms in total. The van der Waals surface area contributed by atoms with Crippen LogP contribution in [0.25, 0.3) is 0 Å². The molecule has 0 radical (unpaired) electrons. The summed E-state index contributed by atoms with van der Waals surface area (Å²) in [6, 6.07) is 6.13. The number of benzene rings is 1. The molecular formula is C21H29FN2O3. The van der Waals surface area contributed by atoms with E-state index in [-0.39, 0.29) is 41.7 Å². The van der Waals surface area contributed by atoms with Crippen LogP contribution >= 0.6 is 0 Å². The van der Waals surface area contributed by atoms with Crippen LogP contribution in [-0.4, -0.2) is 30.5 Å². The summed E-state index contributed by atoms with van der Waals surface area (Å²) in [7, 11) is 0. The van der Waals surface area contributed by atoms with Crippen molar-refractivity contribution in [2.45, 2.75) is 58.5 Å². The highest BCUT2D eigenvalue weighted by atomic mass is 19.1. The summed E-state index contributed by atoms with van der Waals surface area (Å²) in [6.07, 6.45) is 3.17. The summed E-state index contributed by atoms with van der Waals surface area (Å²) in [6.45, 7) is 6.37. The Bertz CT molecular complexity index is 701. The molecule has 1 aromatic carbocycles. The Kier molecular flexibility index (Phi) is 5.72. The maximum absolute atomic E-state index is 13.6. The molecule has 6 heteroatoms. The molecule has 2 fully saturated rings. The van der Waals surface area contributed by atoms with Crippen molar-refractivity contribution in [2.75, 3.05) is 6.61 Å². The molecule has 148 valence electrons. The zero-order valence-corrected chi connectivity index (χ0v) is 16.3. The van der Waals surface area contributed by atoms with Crippen LogP contribution in [-0.2, 0) is 9.59 Å². The lowest BCUT2D eigenvalue weighted by molar-refractivity contribution is -0.130. The molecule has 1 aromatic rings. The number of nitrogens with one attached hydrogen (secondary N) is 2. The van der Waals surface area contributed by atoms with Gasteiger partial charge in [0, 0.05) is 18.5 Å². The minimum atomic E-state index is -0.482. The molecule has 1 heterocycles. The predicted molar refractivity (Wildman–Crippen MR) is 101 cm³/mol. The molecule has 2 N–H and O–H groups in total. The van der Waals surface area contributed by atoms with Gasteiger partial charge in [-0.05, 0) is 48.6 Å². The number of fused-ring (bicyclic) bond motifs is 1. The Morgan fingerprint density at radius 1 is 1.30 bits per heavy atom. The van der Waals surface area contributed by atoms with Gasteiger partial charge in [0.1, 0.15) is 0 Å². The maximum atomic E-state index is 13.6. The zero-order valence-electron chi connectivity index (χ0n) is 16.3. The number of ether oxygens (including phenoxy) is 1. The number of rotatable bonds is 4. The van der Waals surface area contributed by atoms with Crippen LogP contribution in [0, 0.1) is 23.1 Å². The van der Waals surface area contributed by atoms with Gasteiger partial charge >= 0.3 is 0 Å². The molecule has 4 unspecified atom stereocenters. The third kappa shape index (κ3) is 4.79. The Labute approximate surface area is 160 Å². The summed E-state index contributed by atoms with van der Waals surface area (Å²) < 4.78 is 18.8. The summed E-state index contributed by atoms with van der Waals surface area (Å²) in [5.41, 5.74) is 0.0877. The summed E-state index contributed by atoms with van der Waals surface area (Å²) in [5, 5.41) is 6.09. The van der Waals surface area contributed by atoms with Gasteiger partial charge in [0.15, 0.2) is 18.2 Å². The Hall–Kier alpha value is -2.11. The molecule has 4 atom stereocenters. The van der Waals surface area contributed by atoms with Gasteiger partial charge in [-0.15, -0.1) is 0 Å². The second-order valence-electron chi connectivity index (χ2n) is 8.81. The predicted octanol–water partition coefficient (Wildman–Crippen LogP) is 3.04. The number of carbonyl (C=O) groups is 2. The topological polar surface area (TPSA) is 67.4 Å². The average Bonchev–Trinajstić information content (AvgIpc) is 2.59. The highest BCUT2D eigenvalue weighted by Crippen LogP contribution is 2.44. The fourth-order valence-electron chi connectivity index (χ4n) is 4.51. The molecular weight excluding hydrogens is 347 g/mol. The lowest BCUT2D eigenvalue weighted by atomic mass is 9.62. The molecule has 1 saturated carbocycles. The van der Waals surface area contributed by atoms with Crippen molar-refractivity contribution in [3.63, 3.8) is 0 Å². The van der Waals surface area contributed by atoms with Crippen molar-refractivity contribution in [3.8, 4) is 5.75 Å². The van der Waals surface area contributed by atoms with Gasteiger partial charge in [-0.25, -0.2) is 4.39 Å². The molecule has 3 rings (SSSR count). The lowest BCUT2D eigenvalue weighted by Crippen LogP contribution is -2.57. The van der Waals surface area contributed by atoms with Gasteiger partial charge in [-0.2, -0.15) is 0 Å². The first-order valence-corrected chi connectivity index (χ1v) is 9.70. The minimum absolute atomic E-state index is 0.00184. The van der Waals surface area contributed by atoms with Gasteiger partial charge in [-0.1, -0.05) is 32.9 Å². The lowest BCUT2D eigenvalue weighted by Gasteiger charge is -2.48. The van der Waals surface area contributed by atoms with Crippen LogP contribution in [0.1, 0.15) is 46.5 Å². The van der Waals surface area contributed by atoms with E-state index in [9.17, 15) is 14.0 Å². The first-order chi connectivity index (χ1) is 12.7. The van der Waals surface area contributed by atoms with E-state index in [0.717, 1.165) is 19.3 Å². The molecule has 0 bridgehead atoms. The first kappa shape index (κ1) is 19.6. The first-order valence-electron chi connectivity index (χ1n) is 9.70. The van der Waals surface area contributed by atoms with Gasteiger partial charge in [0.05, 0.1) is 0 Å². The monoisotopic (exact) mass is 376 g/mol. The summed E-state index contributed by atoms with van der Waals surface area (Å²) in [5.74, 6) is 0.234. The summed E-state index contributed by atoms with van der Waals surface area (Å²) >= 11 is 0. The molecule has 0 aromatic heterocycles. The Morgan fingerprint density at radius 2 is 2.04 bits per heavy atom. The van der Waals surface area contributed by atoms with Crippen molar-refractivity contribution in [1.82, 2.24) is 10.6 Å². The van der Waals surface area contributed by atoms with Crippen LogP contribution in [0.3, 0.4) is 0 Å². The van der Waals surface area contributed by atoms with Crippen LogP contribution in [0.15, 0.2) is 24.3 Å². The fourth-order valence-corrected chi connectivity index (χ4v) is 4.51. The normalized spacial score (nSPS) is 28.1. The van der Waals surface area contributed by atoms with Crippen LogP contribution in [0.5, 0.6) is 5.75 Å². The molecule has 2 aliphatic rings. The van der Waals surface area contributed by atoms with E-state index in [4.69, 9.17) is 4.74 Å². The van der Waals surface area contributed by atoms with Gasteiger partial charge in [0.2, 0.25) is 5.91 Å². The van der Waals surface area contributed by atoms with Crippen molar-refractivity contribution >= 4 is 11.8 Å². The summed E-state index contributed by atoms with van der Waals surface area (Å²) in [4.78, 5) is 24.3. The second kappa shape index (κ2) is 7.87. The largest absolute Gasteiger partial charge is 0.481 e. The fraction of sp³-hybridized carbons (Fsp3) is 0.619. The Balaban J connectivity index is 1.54. The number of hydrogen-bond acceptors (Lipinski definition) is 3. The number of para-hydroxylation sites is 1. The van der Waals surface area contributed by atoms with Crippen LogP contribution in [0.2, 0.25) is 0 Å². The average molecular weight is 376 g/mol. The van der Waals surface area contributed by atoms with E-state index >= 15 is 0 Å². The number of piperidine rings is 1. The number of hydrogen-bond donors (Lipinski definition) is 2. The van der Waals surface area contributed by atoms with E-state index in [1.807, 2.05) is 0 Å². The van der Waals surface area contributed by atoms with Crippen molar-refractivity contribution in [3.05, 3.63) is 30.1 Å². The molecule has 0 spiro atoms. The van der Waals surface area contributed by atoms with Gasteiger partial charge in [-0.3, -0.25) is 9.59 Å². The second-order valence-corrected chi connectivity index (χ2v) is 8.81. The molecule has 1 aliphatic heterocycles. The van der Waals surface area contributed by atoms with E-state index in [2.05, 4.69) is 31.4 Å².